The van der Waals surface area contributed by atoms with Gasteiger partial charge in [0.2, 0.25) is 5.13 Å². The van der Waals surface area contributed by atoms with E-state index < -0.39 is 12.0 Å². The predicted octanol–water partition coefficient (Wildman–Crippen LogP) is 1.67. The fourth-order valence-electron chi connectivity index (χ4n) is 1.46. The number of hydrogen-bond acceptors (Lipinski definition) is 7. The third-order valence-electron chi connectivity index (χ3n) is 2.29. The number of anilines is 1. The Hall–Kier alpha value is -2.55. The number of carbonyl (C=O) groups excluding carboxylic acids is 2. The van der Waals surface area contributed by atoms with Crippen molar-refractivity contribution in [3.8, 4) is 10.7 Å². The lowest BCUT2D eigenvalue weighted by molar-refractivity contribution is -0.146. The van der Waals surface area contributed by atoms with Gasteiger partial charge in [-0.2, -0.15) is 0 Å². The van der Waals surface area contributed by atoms with E-state index in [-0.39, 0.29) is 12.6 Å². The number of nitrogens with zero attached hydrogens (tertiary/aromatic N) is 3. The fourth-order valence-corrected chi connectivity index (χ4v) is 2.18. The van der Waals surface area contributed by atoms with Crippen molar-refractivity contribution in [2.45, 2.75) is 20.0 Å². The number of carbonyl (C=O) groups is 2. The van der Waals surface area contributed by atoms with Gasteiger partial charge in [0.15, 0.2) is 5.01 Å². The van der Waals surface area contributed by atoms with Gasteiger partial charge in [-0.15, -0.1) is 10.2 Å². The predicted molar refractivity (Wildman–Crippen MR) is 81.4 cm³/mol. The summed E-state index contributed by atoms with van der Waals surface area (Å²) in [4.78, 5) is 27.1. The van der Waals surface area contributed by atoms with Gasteiger partial charge in [0, 0.05) is 6.20 Å². The van der Waals surface area contributed by atoms with Crippen LogP contribution in [0.2, 0.25) is 0 Å². The minimum absolute atomic E-state index is 0.212. The van der Waals surface area contributed by atoms with Crippen LogP contribution in [0.5, 0.6) is 0 Å². The van der Waals surface area contributed by atoms with Gasteiger partial charge in [0.05, 0.1) is 6.10 Å². The third kappa shape index (κ3) is 4.77. The van der Waals surface area contributed by atoms with E-state index in [0.717, 1.165) is 0 Å². The van der Waals surface area contributed by atoms with Crippen molar-refractivity contribution in [3.63, 3.8) is 0 Å². The van der Waals surface area contributed by atoms with Gasteiger partial charge in [-0.3, -0.25) is 15.1 Å². The highest BCUT2D eigenvalue weighted by Gasteiger charge is 2.12. The summed E-state index contributed by atoms with van der Waals surface area (Å²) in [6.07, 6.45) is 1.43. The molecule has 0 bridgehead atoms. The van der Waals surface area contributed by atoms with Crippen LogP contribution in [0.15, 0.2) is 24.4 Å². The van der Waals surface area contributed by atoms with Crippen LogP contribution in [0.4, 0.5) is 9.93 Å². The summed E-state index contributed by atoms with van der Waals surface area (Å²) in [7, 11) is 0. The Kier molecular flexibility index (Phi) is 5.37. The lowest BCUT2D eigenvalue weighted by Crippen LogP contribution is -2.34. The molecule has 8 nitrogen and oxygen atoms in total. The van der Waals surface area contributed by atoms with Crippen molar-refractivity contribution in [2.24, 2.45) is 0 Å². The molecule has 2 aromatic heterocycles. The molecular formula is C13H15N5O3S. The summed E-state index contributed by atoms with van der Waals surface area (Å²) in [5.74, 6) is -0.503. The highest BCUT2D eigenvalue weighted by molar-refractivity contribution is 7.18. The minimum Gasteiger partial charge on any atom is -0.462 e. The number of hydrogen-bond donors (Lipinski definition) is 2. The van der Waals surface area contributed by atoms with Gasteiger partial charge < -0.3 is 10.1 Å². The molecule has 22 heavy (non-hydrogen) atoms. The van der Waals surface area contributed by atoms with Crippen molar-refractivity contribution >= 4 is 28.5 Å². The zero-order valence-electron chi connectivity index (χ0n) is 12.1. The van der Waals surface area contributed by atoms with Crippen LogP contribution in [0.1, 0.15) is 13.8 Å². The summed E-state index contributed by atoms with van der Waals surface area (Å²) >= 11 is 1.19. The smallest absolute Gasteiger partial charge is 0.325 e. The molecule has 116 valence electrons. The summed E-state index contributed by atoms with van der Waals surface area (Å²) in [6, 6.07) is 4.88. The van der Waals surface area contributed by atoms with E-state index in [1.165, 1.54) is 11.3 Å². The fraction of sp³-hybridized carbons (Fsp3) is 0.308. The van der Waals surface area contributed by atoms with Crippen LogP contribution in [-0.4, -0.2) is 39.8 Å². The normalized spacial score (nSPS) is 10.3. The zero-order chi connectivity index (χ0) is 15.9. The molecule has 0 unspecified atom stereocenters. The van der Waals surface area contributed by atoms with Crippen molar-refractivity contribution in [2.75, 3.05) is 11.9 Å². The molecule has 2 amide bonds. The van der Waals surface area contributed by atoms with Crippen LogP contribution in [0, 0.1) is 0 Å². The van der Waals surface area contributed by atoms with Gasteiger partial charge in [-0.05, 0) is 26.0 Å². The van der Waals surface area contributed by atoms with E-state index in [9.17, 15) is 9.59 Å². The van der Waals surface area contributed by atoms with Crippen LogP contribution in [-0.2, 0) is 9.53 Å². The van der Waals surface area contributed by atoms with E-state index in [0.29, 0.717) is 15.8 Å². The lowest BCUT2D eigenvalue weighted by Gasteiger charge is -2.08. The van der Waals surface area contributed by atoms with Gasteiger partial charge in [0.25, 0.3) is 0 Å². The zero-order valence-corrected chi connectivity index (χ0v) is 12.9. The average Bonchev–Trinajstić information content (AvgIpc) is 2.94. The number of esters is 1. The molecule has 0 saturated heterocycles. The minimum atomic E-state index is -0.551. The van der Waals surface area contributed by atoms with Crippen molar-refractivity contribution in [3.05, 3.63) is 24.4 Å². The third-order valence-corrected chi connectivity index (χ3v) is 3.15. The second kappa shape index (κ2) is 7.46. The molecular weight excluding hydrogens is 306 g/mol. The number of pyridine rings is 1. The Morgan fingerprint density at radius 2 is 2.14 bits per heavy atom. The summed E-state index contributed by atoms with van der Waals surface area (Å²) in [5.41, 5.74) is 0.675. The first-order chi connectivity index (χ1) is 10.5. The van der Waals surface area contributed by atoms with E-state index >= 15 is 0 Å². The van der Waals surface area contributed by atoms with Crippen LogP contribution in [0.25, 0.3) is 10.7 Å². The van der Waals surface area contributed by atoms with Gasteiger partial charge in [0.1, 0.15) is 12.2 Å². The second-order valence-electron chi connectivity index (χ2n) is 4.47. The second-order valence-corrected chi connectivity index (χ2v) is 5.45. The number of amides is 2. The quantitative estimate of drug-likeness (QED) is 0.811. The number of rotatable bonds is 5. The molecule has 2 heterocycles. The Morgan fingerprint density at radius 3 is 2.82 bits per heavy atom. The Balaban J connectivity index is 1.85. The molecule has 2 rings (SSSR count). The first-order valence-corrected chi connectivity index (χ1v) is 7.35. The average molecular weight is 321 g/mol. The van der Waals surface area contributed by atoms with E-state index in [2.05, 4.69) is 25.8 Å². The molecule has 9 heteroatoms. The molecule has 0 fully saturated rings. The Labute approximate surface area is 130 Å². The highest BCUT2D eigenvalue weighted by atomic mass is 32.1. The van der Waals surface area contributed by atoms with E-state index in [1.807, 2.05) is 6.07 Å². The molecule has 0 aliphatic rings. The topological polar surface area (TPSA) is 106 Å². The maximum Gasteiger partial charge on any atom is 0.325 e. The molecule has 0 aliphatic heterocycles. The number of urea groups is 1. The van der Waals surface area contributed by atoms with Crippen LogP contribution >= 0.6 is 11.3 Å². The molecule has 0 atom stereocenters. The Morgan fingerprint density at radius 1 is 1.32 bits per heavy atom. The SMILES string of the molecule is CC(C)OC(=O)CNC(=O)Nc1nnc(-c2ccccn2)s1. The number of ether oxygens (including phenoxy) is 1. The van der Waals surface area contributed by atoms with Gasteiger partial charge >= 0.3 is 12.0 Å². The summed E-state index contributed by atoms with van der Waals surface area (Å²) in [5, 5.41) is 13.6. The molecule has 2 aromatic rings. The van der Waals surface area contributed by atoms with Crippen LogP contribution in [0.3, 0.4) is 0 Å². The lowest BCUT2D eigenvalue weighted by atomic mass is 10.4. The largest absolute Gasteiger partial charge is 0.462 e. The highest BCUT2D eigenvalue weighted by Crippen LogP contribution is 2.23. The molecule has 0 spiro atoms. The van der Waals surface area contributed by atoms with Crippen molar-refractivity contribution < 1.29 is 14.3 Å². The van der Waals surface area contributed by atoms with Crippen LogP contribution < -0.4 is 10.6 Å². The summed E-state index contributed by atoms with van der Waals surface area (Å²) in [6.45, 7) is 3.26. The van der Waals surface area contributed by atoms with E-state index in [1.54, 1.807) is 32.2 Å². The molecule has 0 aliphatic carbocycles. The van der Waals surface area contributed by atoms with Crippen molar-refractivity contribution in [1.82, 2.24) is 20.5 Å². The standard InChI is InChI=1S/C13H15N5O3S/c1-8(2)21-10(19)7-15-12(20)16-13-18-17-11(22-13)9-5-3-4-6-14-9/h3-6,8H,7H2,1-2H3,(H2,15,16,18,20). The maximum atomic E-state index is 11.6. The summed E-state index contributed by atoms with van der Waals surface area (Å²) < 4.78 is 4.90. The van der Waals surface area contributed by atoms with Gasteiger partial charge in [-0.1, -0.05) is 17.4 Å². The maximum absolute atomic E-state index is 11.6. The monoisotopic (exact) mass is 321 g/mol. The molecule has 0 aromatic carbocycles. The Bertz CT molecular complexity index is 644. The van der Waals surface area contributed by atoms with Crippen molar-refractivity contribution in [1.29, 1.82) is 0 Å². The number of aromatic nitrogens is 3. The first-order valence-electron chi connectivity index (χ1n) is 6.54. The molecule has 2 N–H and O–H groups in total. The van der Waals surface area contributed by atoms with E-state index in [4.69, 9.17) is 4.74 Å². The molecule has 0 saturated carbocycles. The van der Waals surface area contributed by atoms with Gasteiger partial charge in [-0.25, -0.2) is 4.79 Å². The number of nitrogens with one attached hydrogen (secondary N) is 2. The first kappa shape index (κ1) is 15.8. The molecule has 0 radical (unpaired) electrons.